The van der Waals surface area contributed by atoms with Crippen LogP contribution in [0.25, 0.3) is 0 Å². The van der Waals surface area contributed by atoms with Crippen LogP contribution in [0.15, 0.2) is 24.3 Å². The number of carbonyl (C=O) groups excluding carboxylic acids is 2. The lowest BCUT2D eigenvalue weighted by molar-refractivity contribution is -0.123. The van der Waals surface area contributed by atoms with Gasteiger partial charge in [0.15, 0.2) is 11.7 Å². The first kappa shape index (κ1) is 20.9. The maximum atomic E-state index is 12.4. The van der Waals surface area contributed by atoms with E-state index in [-0.39, 0.29) is 6.61 Å². The van der Waals surface area contributed by atoms with Gasteiger partial charge < -0.3 is 19.1 Å². The SMILES string of the molecule is CCOc1ccc(OCC(=O)NNC(=O)c2sc(N3CCOCC3)nc2C)cc1. The summed E-state index contributed by atoms with van der Waals surface area (Å²) in [5.74, 6) is 0.382. The van der Waals surface area contributed by atoms with E-state index in [0.717, 1.165) is 24.0 Å². The van der Waals surface area contributed by atoms with Crippen LogP contribution >= 0.6 is 11.3 Å². The highest BCUT2D eigenvalue weighted by molar-refractivity contribution is 7.17. The van der Waals surface area contributed by atoms with Gasteiger partial charge in [0.25, 0.3) is 11.8 Å². The summed E-state index contributed by atoms with van der Waals surface area (Å²) in [5.41, 5.74) is 5.38. The molecule has 29 heavy (non-hydrogen) atoms. The Morgan fingerprint density at radius 3 is 2.45 bits per heavy atom. The smallest absolute Gasteiger partial charge is 0.281 e. The van der Waals surface area contributed by atoms with Gasteiger partial charge in [0.2, 0.25) is 0 Å². The van der Waals surface area contributed by atoms with Crippen molar-refractivity contribution in [3.8, 4) is 11.5 Å². The first-order chi connectivity index (χ1) is 14.1. The Hall–Kier alpha value is -2.85. The standard InChI is InChI=1S/C19H24N4O5S/c1-3-27-14-4-6-15(7-5-14)28-12-16(24)21-22-18(25)17-13(2)20-19(29-17)23-8-10-26-11-9-23/h4-7H,3,8-12H2,1-2H3,(H,21,24)(H,22,25). The van der Waals surface area contributed by atoms with E-state index in [2.05, 4.69) is 20.7 Å². The topological polar surface area (TPSA) is 102 Å². The van der Waals surface area contributed by atoms with Gasteiger partial charge in [-0.05, 0) is 38.1 Å². The molecule has 1 aromatic heterocycles. The molecule has 0 atom stereocenters. The molecule has 2 N–H and O–H groups in total. The number of ether oxygens (including phenoxy) is 3. The van der Waals surface area contributed by atoms with Crippen molar-refractivity contribution < 1.29 is 23.8 Å². The zero-order valence-corrected chi connectivity index (χ0v) is 17.2. The second kappa shape index (κ2) is 10.1. The zero-order chi connectivity index (χ0) is 20.6. The molecule has 0 saturated carbocycles. The Kier molecular flexibility index (Phi) is 7.25. The van der Waals surface area contributed by atoms with Crippen LogP contribution in [0.5, 0.6) is 11.5 Å². The molecule has 2 heterocycles. The third-order valence-corrected chi connectivity index (χ3v) is 5.31. The van der Waals surface area contributed by atoms with Crippen molar-refractivity contribution in [3.05, 3.63) is 34.8 Å². The lowest BCUT2D eigenvalue weighted by atomic mass is 10.3. The molecule has 10 heteroatoms. The fourth-order valence-corrected chi connectivity index (χ4v) is 3.66. The predicted molar refractivity (Wildman–Crippen MR) is 109 cm³/mol. The van der Waals surface area contributed by atoms with E-state index in [9.17, 15) is 9.59 Å². The lowest BCUT2D eigenvalue weighted by Gasteiger charge is -2.25. The predicted octanol–water partition coefficient (Wildman–Crippen LogP) is 1.53. The maximum Gasteiger partial charge on any atom is 0.281 e. The highest BCUT2D eigenvalue weighted by Gasteiger charge is 2.20. The Labute approximate surface area is 172 Å². The fraction of sp³-hybridized carbons (Fsp3) is 0.421. The molecule has 2 aromatic rings. The van der Waals surface area contributed by atoms with Gasteiger partial charge in [-0.1, -0.05) is 11.3 Å². The quantitative estimate of drug-likeness (QED) is 0.655. The molecule has 1 aliphatic heterocycles. The molecule has 1 saturated heterocycles. The molecule has 3 rings (SSSR count). The van der Waals surface area contributed by atoms with Gasteiger partial charge in [-0.25, -0.2) is 4.98 Å². The summed E-state index contributed by atoms with van der Waals surface area (Å²) < 4.78 is 16.1. The number of morpholine rings is 1. The Morgan fingerprint density at radius 2 is 1.79 bits per heavy atom. The van der Waals surface area contributed by atoms with Crippen molar-refractivity contribution in [1.29, 1.82) is 0 Å². The van der Waals surface area contributed by atoms with Crippen LogP contribution < -0.4 is 25.2 Å². The fourth-order valence-electron chi connectivity index (χ4n) is 2.65. The van der Waals surface area contributed by atoms with E-state index in [1.807, 2.05) is 6.92 Å². The molecule has 0 unspecified atom stereocenters. The van der Waals surface area contributed by atoms with Gasteiger partial charge >= 0.3 is 0 Å². The summed E-state index contributed by atoms with van der Waals surface area (Å²) >= 11 is 1.29. The first-order valence-corrected chi connectivity index (χ1v) is 10.1. The van der Waals surface area contributed by atoms with Crippen LogP contribution in [0, 0.1) is 6.92 Å². The molecule has 1 aromatic carbocycles. The summed E-state index contributed by atoms with van der Waals surface area (Å²) in [6, 6.07) is 6.95. The molecule has 0 spiro atoms. The van der Waals surface area contributed by atoms with Gasteiger partial charge in [-0.15, -0.1) is 0 Å². The van der Waals surface area contributed by atoms with E-state index in [4.69, 9.17) is 14.2 Å². The number of thiazole rings is 1. The van der Waals surface area contributed by atoms with Crippen molar-refractivity contribution in [3.63, 3.8) is 0 Å². The van der Waals surface area contributed by atoms with Gasteiger partial charge in [-0.3, -0.25) is 20.4 Å². The molecule has 0 bridgehead atoms. The highest BCUT2D eigenvalue weighted by Crippen LogP contribution is 2.26. The number of anilines is 1. The minimum Gasteiger partial charge on any atom is -0.494 e. The van der Waals surface area contributed by atoms with Gasteiger partial charge in [-0.2, -0.15) is 0 Å². The van der Waals surface area contributed by atoms with Crippen molar-refractivity contribution in [1.82, 2.24) is 15.8 Å². The Bertz CT molecular complexity index is 834. The normalized spacial score (nSPS) is 13.7. The van der Waals surface area contributed by atoms with Gasteiger partial charge in [0.05, 0.1) is 25.5 Å². The van der Waals surface area contributed by atoms with Gasteiger partial charge in [0.1, 0.15) is 16.4 Å². The molecule has 1 fully saturated rings. The molecular weight excluding hydrogens is 396 g/mol. The summed E-state index contributed by atoms with van der Waals surface area (Å²) in [5, 5.41) is 0.779. The van der Waals surface area contributed by atoms with Gasteiger partial charge in [0, 0.05) is 13.1 Å². The third-order valence-electron chi connectivity index (χ3n) is 4.09. The molecule has 0 aliphatic carbocycles. The van der Waals surface area contributed by atoms with Crippen molar-refractivity contribution in [2.45, 2.75) is 13.8 Å². The molecular formula is C19H24N4O5S. The number of hydrogen-bond donors (Lipinski definition) is 2. The summed E-state index contributed by atoms with van der Waals surface area (Å²) in [7, 11) is 0. The Balaban J connectivity index is 1.46. The summed E-state index contributed by atoms with van der Waals surface area (Å²) in [6.45, 7) is 6.80. The maximum absolute atomic E-state index is 12.4. The lowest BCUT2D eigenvalue weighted by Crippen LogP contribution is -2.43. The number of aryl methyl sites for hydroxylation is 1. The molecule has 156 valence electrons. The second-order valence-electron chi connectivity index (χ2n) is 6.21. The number of aromatic nitrogens is 1. The largest absolute Gasteiger partial charge is 0.494 e. The minimum absolute atomic E-state index is 0.227. The van der Waals surface area contributed by atoms with Crippen molar-refractivity contribution in [2.24, 2.45) is 0 Å². The van der Waals surface area contributed by atoms with Crippen LogP contribution in [0.4, 0.5) is 5.13 Å². The monoisotopic (exact) mass is 420 g/mol. The van der Waals surface area contributed by atoms with Crippen LogP contribution in [-0.4, -0.2) is 56.3 Å². The average molecular weight is 420 g/mol. The van der Waals surface area contributed by atoms with E-state index >= 15 is 0 Å². The van der Waals surface area contributed by atoms with E-state index in [0.29, 0.717) is 36.1 Å². The van der Waals surface area contributed by atoms with Crippen LogP contribution in [0.3, 0.4) is 0 Å². The Morgan fingerprint density at radius 1 is 1.14 bits per heavy atom. The van der Waals surface area contributed by atoms with E-state index in [1.165, 1.54) is 11.3 Å². The molecule has 9 nitrogen and oxygen atoms in total. The van der Waals surface area contributed by atoms with E-state index in [1.54, 1.807) is 31.2 Å². The highest BCUT2D eigenvalue weighted by atomic mass is 32.1. The first-order valence-electron chi connectivity index (χ1n) is 9.31. The zero-order valence-electron chi connectivity index (χ0n) is 16.4. The molecule has 2 amide bonds. The summed E-state index contributed by atoms with van der Waals surface area (Å²) in [6.07, 6.45) is 0. The molecule has 1 aliphatic rings. The number of benzene rings is 1. The number of amides is 2. The minimum atomic E-state index is -0.470. The van der Waals surface area contributed by atoms with Crippen molar-refractivity contribution >= 4 is 28.3 Å². The third kappa shape index (κ3) is 5.81. The number of hydrogen-bond acceptors (Lipinski definition) is 8. The van der Waals surface area contributed by atoms with Crippen LogP contribution in [0.2, 0.25) is 0 Å². The number of carbonyl (C=O) groups is 2. The van der Waals surface area contributed by atoms with Crippen molar-refractivity contribution in [2.75, 3.05) is 44.4 Å². The number of nitrogens with one attached hydrogen (secondary N) is 2. The van der Waals surface area contributed by atoms with Crippen LogP contribution in [0.1, 0.15) is 22.3 Å². The average Bonchev–Trinajstić information content (AvgIpc) is 3.14. The summed E-state index contributed by atoms with van der Waals surface area (Å²) in [4.78, 5) is 31.3. The van der Waals surface area contributed by atoms with Crippen LogP contribution in [-0.2, 0) is 9.53 Å². The van der Waals surface area contributed by atoms with E-state index < -0.39 is 11.8 Å². The number of rotatable bonds is 7. The number of nitrogens with zero attached hydrogens (tertiary/aromatic N) is 2. The molecule has 0 radical (unpaired) electrons. The number of hydrazine groups is 1. The second-order valence-corrected chi connectivity index (χ2v) is 7.18.